The van der Waals surface area contributed by atoms with Gasteiger partial charge in [-0.1, -0.05) is 31.2 Å². The predicted octanol–water partition coefficient (Wildman–Crippen LogP) is 3.39. The van der Waals surface area contributed by atoms with Gasteiger partial charge in [-0.25, -0.2) is 0 Å². The summed E-state index contributed by atoms with van der Waals surface area (Å²) in [7, 11) is 4.39. The molecule has 0 atom stereocenters. The highest BCUT2D eigenvalue weighted by atomic mass is 16.5. The van der Waals surface area contributed by atoms with Crippen molar-refractivity contribution in [2.24, 2.45) is 0 Å². The zero-order chi connectivity index (χ0) is 15.7. The lowest BCUT2D eigenvalue weighted by molar-refractivity contribution is 0.0657. The molecule has 3 heteroatoms. The molecule has 0 heterocycles. The lowest BCUT2D eigenvalue weighted by Gasteiger charge is -2.21. The van der Waals surface area contributed by atoms with Crippen LogP contribution < -0.4 is 0 Å². The maximum atomic E-state index is 5.62. The summed E-state index contributed by atoms with van der Waals surface area (Å²) in [5, 5.41) is 0. The van der Waals surface area contributed by atoms with Crippen molar-refractivity contribution in [2.45, 2.75) is 46.4 Å². The lowest BCUT2D eigenvalue weighted by atomic mass is 10.1. The molecule has 120 valence electrons. The van der Waals surface area contributed by atoms with Crippen LogP contribution in [0, 0.1) is 0 Å². The van der Waals surface area contributed by atoms with Gasteiger partial charge >= 0.3 is 0 Å². The second kappa shape index (κ2) is 9.93. The van der Waals surface area contributed by atoms with E-state index in [2.05, 4.69) is 68.9 Å². The van der Waals surface area contributed by atoms with Crippen LogP contribution in [-0.2, 0) is 17.9 Å². The fourth-order valence-electron chi connectivity index (χ4n) is 2.23. The van der Waals surface area contributed by atoms with Crippen LogP contribution in [0.2, 0.25) is 0 Å². The van der Waals surface area contributed by atoms with Crippen molar-refractivity contribution in [3.05, 3.63) is 35.4 Å². The van der Waals surface area contributed by atoms with Gasteiger partial charge in [0.2, 0.25) is 0 Å². The van der Waals surface area contributed by atoms with Crippen molar-refractivity contribution in [3.63, 3.8) is 0 Å². The van der Waals surface area contributed by atoms with Crippen LogP contribution in [0.5, 0.6) is 0 Å². The van der Waals surface area contributed by atoms with Crippen LogP contribution in [0.1, 0.15) is 38.3 Å². The Balaban J connectivity index is 2.33. The van der Waals surface area contributed by atoms with Crippen LogP contribution in [0.4, 0.5) is 0 Å². The highest BCUT2D eigenvalue weighted by molar-refractivity contribution is 5.22. The van der Waals surface area contributed by atoms with Gasteiger partial charge in [-0.05, 0) is 52.0 Å². The lowest BCUT2D eigenvalue weighted by Crippen LogP contribution is -2.30. The van der Waals surface area contributed by atoms with Gasteiger partial charge < -0.3 is 14.5 Å². The van der Waals surface area contributed by atoms with Crippen molar-refractivity contribution >= 4 is 0 Å². The molecule has 0 spiro atoms. The molecule has 1 aromatic carbocycles. The number of benzene rings is 1. The van der Waals surface area contributed by atoms with Gasteiger partial charge in [0.25, 0.3) is 0 Å². The van der Waals surface area contributed by atoms with E-state index in [0.717, 1.165) is 19.6 Å². The second-order valence-electron chi connectivity index (χ2n) is 6.22. The van der Waals surface area contributed by atoms with Crippen molar-refractivity contribution in [1.82, 2.24) is 9.80 Å². The molecule has 0 bridgehead atoms. The Morgan fingerprint density at radius 2 is 1.48 bits per heavy atom. The highest BCUT2D eigenvalue weighted by Gasteiger charge is 2.03. The van der Waals surface area contributed by atoms with Gasteiger partial charge in [-0.2, -0.15) is 0 Å². The monoisotopic (exact) mass is 292 g/mol. The van der Waals surface area contributed by atoms with Crippen molar-refractivity contribution in [3.8, 4) is 0 Å². The van der Waals surface area contributed by atoms with Crippen molar-refractivity contribution in [2.75, 3.05) is 33.7 Å². The van der Waals surface area contributed by atoms with Crippen LogP contribution in [0.25, 0.3) is 0 Å². The number of hydrogen-bond acceptors (Lipinski definition) is 3. The molecule has 0 radical (unpaired) electrons. The maximum absolute atomic E-state index is 5.62. The van der Waals surface area contributed by atoms with E-state index in [1.54, 1.807) is 0 Å². The summed E-state index contributed by atoms with van der Waals surface area (Å²) < 4.78 is 5.62. The van der Waals surface area contributed by atoms with E-state index in [1.165, 1.54) is 24.1 Å². The van der Waals surface area contributed by atoms with Crippen LogP contribution >= 0.6 is 0 Å². The molecular formula is C18H32N2O. The molecule has 21 heavy (non-hydrogen) atoms. The van der Waals surface area contributed by atoms with Gasteiger partial charge in [-0.3, -0.25) is 0 Å². The minimum Gasteiger partial charge on any atom is -0.374 e. The summed E-state index contributed by atoms with van der Waals surface area (Å²) in [6, 6.07) is 8.78. The molecule has 1 rings (SSSR count). The molecule has 0 saturated heterocycles. The van der Waals surface area contributed by atoms with E-state index in [1.807, 2.05) is 0 Å². The number of rotatable bonds is 10. The van der Waals surface area contributed by atoms with Gasteiger partial charge in [-0.15, -0.1) is 0 Å². The summed E-state index contributed by atoms with van der Waals surface area (Å²) in [4.78, 5) is 4.77. The van der Waals surface area contributed by atoms with E-state index in [0.29, 0.717) is 6.61 Å². The van der Waals surface area contributed by atoms with Crippen molar-refractivity contribution in [1.29, 1.82) is 0 Å². The van der Waals surface area contributed by atoms with Gasteiger partial charge in [0, 0.05) is 19.6 Å². The maximum Gasteiger partial charge on any atom is 0.0720 e. The Hall–Kier alpha value is -0.900. The molecule has 0 amide bonds. The first kappa shape index (κ1) is 18.1. The molecule has 3 nitrogen and oxygen atoms in total. The fourth-order valence-corrected chi connectivity index (χ4v) is 2.23. The predicted molar refractivity (Wildman–Crippen MR) is 90.5 cm³/mol. The zero-order valence-corrected chi connectivity index (χ0v) is 14.4. The Kier molecular flexibility index (Phi) is 8.58. The Bertz CT molecular complexity index is 375. The van der Waals surface area contributed by atoms with E-state index in [-0.39, 0.29) is 6.10 Å². The normalized spacial score (nSPS) is 11.8. The molecule has 0 aliphatic rings. The van der Waals surface area contributed by atoms with Crippen LogP contribution in [0.15, 0.2) is 24.3 Å². The van der Waals surface area contributed by atoms with Gasteiger partial charge in [0.1, 0.15) is 0 Å². The molecule has 0 aromatic heterocycles. The first-order valence-electron chi connectivity index (χ1n) is 8.07. The van der Waals surface area contributed by atoms with Crippen LogP contribution in [-0.4, -0.2) is 49.6 Å². The highest BCUT2D eigenvalue weighted by Crippen LogP contribution is 2.09. The Labute approximate surface area is 130 Å². The SMILES string of the molecule is CCCN(C)CCN(C)Cc1ccc(COC(C)C)cc1. The molecular weight excluding hydrogens is 260 g/mol. The third kappa shape index (κ3) is 8.20. The standard InChI is InChI=1S/C18H32N2O/c1-6-11-19(4)12-13-20(5)14-17-7-9-18(10-8-17)15-21-16(2)3/h7-10,16H,6,11-15H2,1-5H3. The summed E-state index contributed by atoms with van der Waals surface area (Å²) in [6.45, 7) is 11.5. The Morgan fingerprint density at radius 3 is 2.05 bits per heavy atom. The largest absolute Gasteiger partial charge is 0.374 e. The zero-order valence-electron chi connectivity index (χ0n) is 14.4. The number of likely N-dealkylation sites (N-methyl/N-ethyl adjacent to an activating group) is 2. The van der Waals surface area contributed by atoms with E-state index >= 15 is 0 Å². The summed E-state index contributed by atoms with van der Waals surface area (Å²) >= 11 is 0. The first-order valence-corrected chi connectivity index (χ1v) is 8.07. The average Bonchev–Trinajstić information content (AvgIpc) is 2.45. The quantitative estimate of drug-likeness (QED) is 0.657. The first-order chi connectivity index (χ1) is 10.0. The molecule has 0 fully saturated rings. The number of ether oxygens (including phenoxy) is 1. The van der Waals surface area contributed by atoms with Crippen LogP contribution in [0.3, 0.4) is 0 Å². The summed E-state index contributed by atoms with van der Waals surface area (Å²) in [5.74, 6) is 0. The number of hydrogen-bond donors (Lipinski definition) is 0. The minimum absolute atomic E-state index is 0.288. The fraction of sp³-hybridized carbons (Fsp3) is 0.667. The van der Waals surface area contributed by atoms with Gasteiger partial charge in [0.15, 0.2) is 0 Å². The smallest absolute Gasteiger partial charge is 0.0720 e. The molecule has 0 aliphatic heterocycles. The molecule has 1 aromatic rings. The third-order valence-electron chi connectivity index (χ3n) is 3.53. The minimum atomic E-state index is 0.288. The Morgan fingerprint density at radius 1 is 0.905 bits per heavy atom. The van der Waals surface area contributed by atoms with Gasteiger partial charge in [0.05, 0.1) is 12.7 Å². The molecule has 0 aliphatic carbocycles. The summed E-state index contributed by atoms with van der Waals surface area (Å²) in [5.41, 5.74) is 2.61. The third-order valence-corrected chi connectivity index (χ3v) is 3.53. The molecule has 0 unspecified atom stereocenters. The topological polar surface area (TPSA) is 15.7 Å². The van der Waals surface area contributed by atoms with E-state index < -0.39 is 0 Å². The average molecular weight is 292 g/mol. The van der Waals surface area contributed by atoms with E-state index in [9.17, 15) is 0 Å². The molecule has 0 saturated carbocycles. The second-order valence-corrected chi connectivity index (χ2v) is 6.22. The summed E-state index contributed by atoms with van der Waals surface area (Å²) in [6.07, 6.45) is 1.51. The van der Waals surface area contributed by atoms with Crippen molar-refractivity contribution < 1.29 is 4.74 Å². The molecule has 0 N–H and O–H groups in total. The number of nitrogens with zero attached hydrogens (tertiary/aromatic N) is 2. The van der Waals surface area contributed by atoms with E-state index in [4.69, 9.17) is 4.74 Å².